The van der Waals surface area contributed by atoms with Crippen LogP contribution in [-0.2, 0) is 19.4 Å². The predicted octanol–water partition coefficient (Wildman–Crippen LogP) is 1.37. The van der Waals surface area contributed by atoms with Gasteiger partial charge in [0, 0.05) is 0 Å². The normalized spacial score (nSPS) is 25.2. The van der Waals surface area contributed by atoms with Crippen LogP contribution in [0.15, 0.2) is 22.7 Å². The van der Waals surface area contributed by atoms with Gasteiger partial charge in [-0.1, -0.05) is 22.8 Å². The minimum Gasteiger partial charge on any atom is -0.480 e. The molecular formula is C19H17ClFN3O7S. The fraction of sp³-hybridized carbons (Fsp3) is 0.368. The zero-order valence-corrected chi connectivity index (χ0v) is 18.5. The summed E-state index contributed by atoms with van der Waals surface area (Å²) in [5, 5.41) is 13.9. The molecule has 2 fully saturated rings. The predicted molar refractivity (Wildman–Crippen MR) is 108 cm³/mol. The van der Waals surface area contributed by atoms with Crippen LogP contribution in [-0.4, -0.2) is 63.6 Å². The number of halogens is 2. The summed E-state index contributed by atoms with van der Waals surface area (Å²) in [6.45, 7) is 3.81. The van der Waals surface area contributed by atoms with Gasteiger partial charge in [-0.2, -0.15) is 0 Å². The van der Waals surface area contributed by atoms with Gasteiger partial charge in [0.2, 0.25) is 5.91 Å². The van der Waals surface area contributed by atoms with Gasteiger partial charge in [0.05, 0.1) is 10.6 Å². The second kappa shape index (κ2) is 7.01. The number of fused-ring (bicyclic) bond motifs is 1. The third-order valence-corrected chi connectivity index (χ3v) is 9.02. The van der Waals surface area contributed by atoms with Gasteiger partial charge in [-0.05, 0) is 32.9 Å². The number of carboxylic acid groups (broad SMARTS) is 1. The molecule has 0 bridgehead atoms. The first-order valence-corrected chi connectivity index (χ1v) is 11.2. The molecular weight excluding hydrogens is 469 g/mol. The first-order chi connectivity index (χ1) is 14.8. The quantitative estimate of drug-likeness (QED) is 0.617. The third-order valence-electron chi connectivity index (χ3n) is 5.88. The Balaban J connectivity index is 1.70. The molecule has 1 aromatic heterocycles. The molecule has 10 nitrogen and oxygen atoms in total. The Morgan fingerprint density at radius 1 is 1.34 bits per heavy atom. The number of aliphatic carboxylic acids is 1. The van der Waals surface area contributed by atoms with Crippen molar-refractivity contribution in [1.82, 2.24) is 15.4 Å². The van der Waals surface area contributed by atoms with E-state index >= 15 is 0 Å². The van der Waals surface area contributed by atoms with Crippen LogP contribution in [0.1, 0.15) is 30.0 Å². The second-order valence-electron chi connectivity index (χ2n) is 8.04. The number of rotatable bonds is 4. The highest BCUT2D eigenvalue weighted by atomic mass is 35.5. The molecule has 2 saturated heterocycles. The van der Waals surface area contributed by atoms with Crippen molar-refractivity contribution in [2.75, 3.05) is 0 Å². The van der Waals surface area contributed by atoms with Gasteiger partial charge >= 0.3 is 5.97 Å². The average Bonchev–Trinajstić information content (AvgIpc) is 3.12. The number of carbonyl (C=O) groups excluding carboxylic acids is 2. The number of benzene rings is 1. The van der Waals surface area contributed by atoms with Crippen LogP contribution < -0.4 is 5.32 Å². The van der Waals surface area contributed by atoms with Crippen molar-refractivity contribution in [2.45, 2.75) is 43.0 Å². The fourth-order valence-electron chi connectivity index (χ4n) is 4.19. The summed E-state index contributed by atoms with van der Waals surface area (Å²) >= 11 is 6.06. The van der Waals surface area contributed by atoms with Crippen LogP contribution in [0.25, 0.3) is 11.3 Å². The van der Waals surface area contributed by atoms with Gasteiger partial charge in [-0.3, -0.25) is 9.59 Å². The smallest absolute Gasteiger partial charge is 0.328 e. The fourth-order valence-corrected chi connectivity index (χ4v) is 6.66. The van der Waals surface area contributed by atoms with E-state index in [-0.39, 0.29) is 27.6 Å². The summed E-state index contributed by atoms with van der Waals surface area (Å²) in [6, 6.07) is 0.747. The number of hydrogen-bond donors (Lipinski definition) is 2. The first kappa shape index (κ1) is 22.2. The van der Waals surface area contributed by atoms with Crippen LogP contribution >= 0.6 is 11.6 Å². The molecule has 0 radical (unpaired) electrons. The molecule has 0 spiro atoms. The molecule has 2 amide bonds. The van der Waals surface area contributed by atoms with E-state index in [1.54, 1.807) is 0 Å². The number of amides is 2. The summed E-state index contributed by atoms with van der Waals surface area (Å²) in [7, 11) is -4.15. The molecule has 2 aromatic rings. The molecule has 4 rings (SSSR count). The highest BCUT2D eigenvalue weighted by Crippen LogP contribution is 2.46. The Bertz CT molecular complexity index is 1270. The molecule has 170 valence electrons. The number of carbonyl (C=O) groups is 3. The number of nitrogens with one attached hydrogen (secondary N) is 1. The Morgan fingerprint density at radius 2 is 2.00 bits per heavy atom. The van der Waals surface area contributed by atoms with Crippen molar-refractivity contribution >= 4 is 39.2 Å². The van der Waals surface area contributed by atoms with Crippen molar-refractivity contribution in [3.63, 3.8) is 0 Å². The number of carboxylic acids is 1. The SMILES string of the molecule is Cc1onc(-c2c(F)cccc2Cl)c1C(=O)N[C@@H]1C(=O)N2[C@@H](C(=O)O)C(C)(C)S(=O)(=O)[C@H]12. The van der Waals surface area contributed by atoms with Crippen LogP contribution in [0.4, 0.5) is 4.39 Å². The molecule has 3 heterocycles. The summed E-state index contributed by atoms with van der Waals surface area (Å²) in [5.41, 5.74) is -0.643. The van der Waals surface area contributed by atoms with E-state index in [0.717, 1.165) is 11.0 Å². The van der Waals surface area contributed by atoms with E-state index in [9.17, 15) is 32.3 Å². The molecule has 2 aliphatic heterocycles. The summed E-state index contributed by atoms with van der Waals surface area (Å²) in [4.78, 5) is 38.1. The Morgan fingerprint density at radius 3 is 2.59 bits per heavy atom. The van der Waals surface area contributed by atoms with Crippen molar-refractivity contribution < 1.29 is 36.8 Å². The monoisotopic (exact) mass is 485 g/mol. The van der Waals surface area contributed by atoms with E-state index in [2.05, 4.69) is 10.5 Å². The van der Waals surface area contributed by atoms with Crippen molar-refractivity contribution in [3.8, 4) is 11.3 Å². The van der Waals surface area contributed by atoms with Gasteiger partial charge in [0.25, 0.3) is 5.91 Å². The maximum atomic E-state index is 14.4. The van der Waals surface area contributed by atoms with Gasteiger partial charge in [0.15, 0.2) is 15.2 Å². The molecule has 0 aliphatic carbocycles. The molecule has 13 heteroatoms. The standard InChI is InChI=1S/C19H17ClFN3O7S/c1-7-10(12(23-31-7)11-8(20)5-4-6-9(11)21)15(25)22-13-16(26)24-14(18(27)28)19(2,3)32(29,30)17(13)24/h4-6,13-14,17H,1-3H3,(H,22,25)(H,27,28)/t13-,14+,17-/m1/s1. The molecule has 0 unspecified atom stereocenters. The number of sulfone groups is 1. The topological polar surface area (TPSA) is 147 Å². The second-order valence-corrected chi connectivity index (χ2v) is 11.1. The van der Waals surface area contributed by atoms with Crippen LogP contribution in [0.5, 0.6) is 0 Å². The lowest BCUT2D eigenvalue weighted by atomic mass is 9.95. The van der Waals surface area contributed by atoms with Gasteiger partial charge in [-0.25, -0.2) is 17.6 Å². The van der Waals surface area contributed by atoms with Gasteiger partial charge in [-0.15, -0.1) is 0 Å². The summed E-state index contributed by atoms with van der Waals surface area (Å²) in [5.74, 6) is -4.05. The zero-order chi connectivity index (χ0) is 23.7. The first-order valence-electron chi connectivity index (χ1n) is 9.32. The molecule has 0 saturated carbocycles. The third kappa shape index (κ3) is 2.78. The number of nitrogens with zero attached hydrogens (tertiary/aromatic N) is 2. The highest BCUT2D eigenvalue weighted by molar-refractivity contribution is 7.94. The lowest BCUT2D eigenvalue weighted by Crippen LogP contribution is -2.72. The van der Waals surface area contributed by atoms with E-state index in [4.69, 9.17) is 16.1 Å². The number of β-lactam (4-membered cyclic amide) rings is 1. The largest absolute Gasteiger partial charge is 0.480 e. The van der Waals surface area contributed by atoms with E-state index < -0.39 is 55.6 Å². The van der Waals surface area contributed by atoms with E-state index in [0.29, 0.717) is 0 Å². The van der Waals surface area contributed by atoms with Gasteiger partial charge < -0.3 is 19.8 Å². The molecule has 2 N–H and O–H groups in total. The molecule has 32 heavy (non-hydrogen) atoms. The summed E-state index contributed by atoms with van der Waals surface area (Å²) in [6.07, 6.45) is 0. The highest BCUT2D eigenvalue weighted by Gasteiger charge is 2.72. The Hall–Kier alpha value is -2.99. The number of aromatic nitrogens is 1. The summed E-state index contributed by atoms with van der Waals surface area (Å²) < 4.78 is 43.5. The maximum absolute atomic E-state index is 14.4. The minimum atomic E-state index is -4.15. The zero-order valence-electron chi connectivity index (χ0n) is 16.9. The van der Waals surface area contributed by atoms with E-state index in [1.165, 1.54) is 32.9 Å². The van der Waals surface area contributed by atoms with Crippen LogP contribution in [0.2, 0.25) is 5.02 Å². The van der Waals surface area contributed by atoms with E-state index in [1.807, 2.05) is 0 Å². The average molecular weight is 486 g/mol. The molecule has 3 atom stereocenters. The lowest BCUT2D eigenvalue weighted by molar-refractivity contribution is -0.159. The van der Waals surface area contributed by atoms with Crippen molar-refractivity contribution in [3.05, 3.63) is 40.4 Å². The minimum absolute atomic E-state index is 0.0153. The Labute approximate surface area is 186 Å². The molecule has 1 aromatic carbocycles. The molecule has 2 aliphatic rings. The maximum Gasteiger partial charge on any atom is 0.328 e. The Kier molecular flexibility index (Phi) is 4.86. The number of aryl methyl sites for hydroxylation is 1. The lowest BCUT2D eigenvalue weighted by Gasteiger charge is -2.42. The van der Waals surface area contributed by atoms with Gasteiger partial charge in [0.1, 0.15) is 39.7 Å². The van der Waals surface area contributed by atoms with Crippen LogP contribution in [0, 0.1) is 12.7 Å². The van der Waals surface area contributed by atoms with Crippen molar-refractivity contribution in [2.24, 2.45) is 0 Å². The van der Waals surface area contributed by atoms with Crippen LogP contribution in [0.3, 0.4) is 0 Å². The number of hydrogen-bond acceptors (Lipinski definition) is 7. The van der Waals surface area contributed by atoms with Crippen molar-refractivity contribution in [1.29, 1.82) is 0 Å².